The van der Waals surface area contributed by atoms with Crippen LogP contribution >= 0.6 is 0 Å². The van der Waals surface area contributed by atoms with Crippen LogP contribution in [-0.4, -0.2) is 32.4 Å². The molecule has 0 saturated heterocycles. The Kier molecular flexibility index (Phi) is 4.14. The van der Waals surface area contributed by atoms with Crippen molar-refractivity contribution in [1.82, 2.24) is 9.78 Å². The van der Waals surface area contributed by atoms with E-state index in [2.05, 4.69) is 15.6 Å². The van der Waals surface area contributed by atoms with Crippen LogP contribution in [0, 0.1) is 16.7 Å². The average molecular weight is 297 g/mol. The van der Waals surface area contributed by atoms with Crippen LogP contribution in [-0.2, 0) is 0 Å². The molecule has 0 radical (unpaired) electrons. The maximum absolute atomic E-state index is 11.2. The lowest BCUT2D eigenvalue weighted by Crippen LogP contribution is -2.22. The number of rotatable bonds is 5. The number of carbonyl (C=O) groups is 1. The zero-order chi connectivity index (χ0) is 16.1. The number of amidine groups is 1. The molecule has 0 atom stereocenters. The number of nitrogens with one attached hydrogen (secondary N) is 2. The van der Waals surface area contributed by atoms with Crippen molar-refractivity contribution in [2.75, 3.05) is 5.43 Å². The maximum atomic E-state index is 11.2. The molecule has 110 valence electrons. The lowest BCUT2D eigenvalue weighted by atomic mass is 10.1. The van der Waals surface area contributed by atoms with Gasteiger partial charge in [0, 0.05) is 12.4 Å². The summed E-state index contributed by atoms with van der Waals surface area (Å²) in [5.74, 6) is -1.68. The summed E-state index contributed by atoms with van der Waals surface area (Å²) in [6.07, 6.45) is 3.28. The van der Waals surface area contributed by atoms with Gasteiger partial charge in [-0.05, 0) is 24.3 Å². The summed E-state index contributed by atoms with van der Waals surface area (Å²) in [4.78, 5) is 11.2. The van der Waals surface area contributed by atoms with Gasteiger partial charge in [-0.2, -0.15) is 15.5 Å². The molecule has 22 heavy (non-hydrogen) atoms. The molecule has 0 aliphatic heterocycles. The number of hydrogen-bond donors (Lipinski definition) is 4. The van der Waals surface area contributed by atoms with Crippen LogP contribution in [0.4, 0.5) is 5.69 Å². The van der Waals surface area contributed by atoms with Crippen molar-refractivity contribution in [3.8, 4) is 11.8 Å². The van der Waals surface area contributed by atoms with Gasteiger partial charge >= 0.3 is 5.97 Å². The Morgan fingerprint density at radius 3 is 2.86 bits per heavy atom. The monoisotopic (exact) mass is 297 g/mol. The zero-order valence-corrected chi connectivity index (χ0v) is 11.2. The van der Waals surface area contributed by atoms with E-state index in [0.29, 0.717) is 5.69 Å². The van der Waals surface area contributed by atoms with E-state index in [4.69, 9.17) is 16.4 Å². The molecule has 5 N–H and O–H groups in total. The van der Waals surface area contributed by atoms with Crippen molar-refractivity contribution in [2.24, 2.45) is 10.8 Å². The molecule has 0 fully saturated rings. The first kappa shape index (κ1) is 14.7. The molecule has 0 spiro atoms. The van der Waals surface area contributed by atoms with Crippen LogP contribution < -0.4 is 11.2 Å². The van der Waals surface area contributed by atoms with Crippen LogP contribution in [0.15, 0.2) is 41.8 Å². The molecule has 0 unspecified atom stereocenters. The highest BCUT2D eigenvalue weighted by molar-refractivity contribution is 6.45. The molecule has 0 bridgehead atoms. The average Bonchev–Trinajstić information content (AvgIpc) is 3.01. The van der Waals surface area contributed by atoms with Crippen molar-refractivity contribution >= 4 is 23.2 Å². The second-order valence-electron chi connectivity index (χ2n) is 4.08. The fourth-order valence-corrected chi connectivity index (χ4v) is 1.64. The molecule has 0 aliphatic carbocycles. The first-order valence-corrected chi connectivity index (χ1v) is 5.98. The number of carboxylic acid groups (broad SMARTS) is 1. The molecular formula is C13H11N7O2. The molecule has 9 nitrogen and oxygen atoms in total. The number of nitrogens with zero attached hydrogens (tertiary/aromatic N) is 4. The standard InChI is InChI=1S/C13H11N7O2/c14-7-11(12(15)16)19-18-10-6-8(20-5-1-4-17-20)2-3-9(10)13(21)22/h1-6,18H,(H3,15,16)(H,21,22)/b19-11+. The third-order valence-electron chi connectivity index (χ3n) is 2.65. The van der Waals surface area contributed by atoms with Crippen LogP contribution in [0.25, 0.3) is 5.69 Å². The fourth-order valence-electron chi connectivity index (χ4n) is 1.64. The van der Waals surface area contributed by atoms with Gasteiger partial charge in [-0.1, -0.05) is 0 Å². The largest absolute Gasteiger partial charge is 0.478 e. The number of nitrogens with two attached hydrogens (primary N) is 1. The summed E-state index contributed by atoms with van der Waals surface area (Å²) in [5, 5.41) is 32.8. The minimum absolute atomic E-state index is 0.0412. The second kappa shape index (κ2) is 6.19. The van der Waals surface area contributed by atoms with Gasteiger partial charge in [0.15, 0.2) is 5.84 Å². The van der Waals surface area contributed by atoms with E-state index in [0.717, 1.165) is 0 Å². The van der Waals surface area contributed by atoms with Crippen LogP contribution in [0.5, 0.6) is 0 Å². The normalized spacial score (nSPS) is 10.8. The van der Waals surface area contributed by atoms with E-state index >= 15 is 0 Å². The predicted octanol–water partition coefficient (Wildman–Crippen LogP) is 0.798. The third kappa shape index (κ3) is 3.07. The van der Waals surface area contributed by atoms with Crippen molar-refractivity contribution in [3.63, 3.8) is 0 Å². The van der Waals surface area contributed by atoms with Gasteiger partial charge in [0.25, 0.3) is 0 Å². The number of aromatic nitrogens is 2. The first-order valence-electron chi connectivity index (χ1n) is 5.98. The molecule has 0 amide bonds. The third-order valence-corrected chi connectivity index (χ3v) is 2.65. The Hall–Kier alpha value is -3.67. The Morgan fingerprint density at radius 2 is 2.32 bits per heavy atom. The van der Waals surface area contributed by atoms with E-state index < -0.39 is 11.8 Å². The molecule has 2 rings (SSSR count). The van der Waals surface area contributed by atoms with Gasteiger partial charge in [-0.3, -0.25) is 10.8 Å². The van der Waals surface area contributed by atoms with Gasteiger partial charge in [0.2, 0.25) is 5.71 Å². The van der Waals surface area contributed by atoms with Gasteiger partial charge in [0.05, 0.1) is 16.9 Å². The molecule has 9 heteroatoms. The summed E-state index contributed by atoms with van der Waals surface area (Å²) < 4.78 is 1.54. The Morgan fingerprint density at radius 1 is 1.55 bits per heavy atom. The molecule has 2 aromatic rings. The van der Waals surface area contributed by atoms with E-state index in [-0.39, 0.29) is 17.0 Å². The molecule has 1 aromatic carbocycles. The Balaban J connectivity index is 2.43. The summed E-state index contributed by atoms with van der Waals surface area (Å²) in [6, 6.07) is 7.84. The van der Waals surface area contributed by atoms with Gasteiger partial charge in [-0.25, -0.2) is 9.48 Å². The fraction of sp³-hybridized carbons (Fsp3) is 0. The van der Waals surface area contributed by atoms with Gasteiger partial charge in [-0.15, -0.1) is 0 Å². The quantitative estimate of drug-likeness (QED) is 0.363. The summed E-state index contributed by atoms with van der Waals surface area (Å²) in [5.41, 5.74) is 7.99. The lowest BCUT2D eigenvalue weighted by molar-refractivity contribution is 0.0698. The number of nitriles is 1. The molecule has 1 heterocycles. The van der Waals surface area contributed by atoms with Gasteiger partial charge in [0.1, 0.15) is 6.07 Å². The lowest BCUT2D eigenvalue weighted by Gasteiger charge is -2.09. The Labute approximate surface area is 124 Å². The molecule has 0 saturated carbocycles. The summed E-state index contributed by atoms with van der Waals surface area (Å²) in [7, 11) is 0. The van der Waals surface area contributed by atoms with Crippen LogP contribution in [0.3, 0.4) is 0 Å². The SMILES string of the molecule is N#C/C(=N\Nc1cc(-n2cccn2)ccc1C(=O)O)C(=N)N. The maximum Gasteiger partial charge on any atom is 0.337 e. The predicted molar refractivity (Wildman–Crippen MR) is 79.1 cm³/mol. The minimum Gasteiger partial charge on any atom is -0.478 e. The molecule has 1 aromatic heterocycles. The zero-order valence-electron chi connectivity index (χ0n) is 11.2. The van der Waals surface area contributed by atoms with E-state index in [1.807, 2.05) is 0 Å². The van der Waals surface area contributed by atoms with E-state index in [1.54, 1.807) is 30.6 Å². The second-order valence-corrected chi connectivity index (χ2v) is 4.08. The number of hydrogen-bond acceptors (Lipinski definition) is 6. The number of aromatic carboxylic acids is 1. The number of carboxylic acids is 1. The molecular weight excluding hydrogens is 286 g/mol. The van der Waals surface area contributed by atoms with Crippen LogP contribution in [0.2, 0.25) is 0 Å². The highest BCUT2D eigenvalue weighted by Crippen LogP contribution is 2.20. The number of hydrazone groups is 1. The number of anilines is 1. The minimum atomic E-state index is -1.16. The van der Waals surface area contributed by atoms with E-state index in [9.17, 15) is 9.90 Å². The topological polar surface area (TPSA) is 153 Å². The summed E-state index contributed by atoms with van der Waals surface area (Å²) in [6.45, 7) is 0. The van der Waals surface area contributed by atoms with Crippen molar-refractivity contribution in [1.29, 1.82) is 10.7 Å². The number of benzene rings is 1. The highest BCUT2D eigenvalue weighted by atomic mass is 16.4. The first-order chi connectivity index (χ1) is 10.5. The highest BCUT2D eigenvalue weighted by Gasteiger charge is 2.12. The van der Waals surface area contributed by atoms with Crippen molar-refractivity contribution in [2.45, 2.75) is 0 Å². The van der Waals surface area contributed by atoms with Crippen LogP contribution in [0.1, 0.15) is 10.4 Å². The van der Waals surface area contributed by atoms with Crippen molar-refractivity contribution < 1.29 is 9.90 Å². The van der Waals surface area contributed by atoms with Crippen molar-refractivity contribution in [3.05, 3.63) is 42.2 Å². The van der Waals surface area contributed by atoms with Gasteiger partial charge < -0.3 is 10.8 Å². The Bertz CT molecular complexity index is 787. The summed E-state index contributed by atoms with van der Waals surface area (Å²) >= 11 is 0. The van der Waals surface area contributed by atoms with E-state index in [1.165, 1.54) is 16.8 Å². The molecule has 0 aliphatic rings. The smallest absolute Gasteiger partial charge is 0.337 e.